The summed E-state index contributed by atoms with van der Waals surface area (Å²) in [5.41, 5.74) is 0. The van der Waals surface area contributed by atoms with E-state index in [1.807, 2.05) is 13.8 Å². The predicted octanol–water partition coefficient (Wildman–Crippen LogP) is 0.0640. The molecular weight excluding hydrogens is 274 g/mol. The molecule has 1 unspecified atom stereocenters. The van der Waals surface area contributed by atoms with Gasteiger partial charge in [0, 0.05) is 44.9 Å². The molecule has 2 rings (SSSR count). The normalized spacial score (nSPS) is 31.3. The van der Waals surface area contributed by atoms with Gasteiger partial charge in [-0.05, 0) is 13.8 Å². The van der Waals surface area contributed by atoms with E-state index in [9.17, 15) is 9.90 Å². The average molecular weight is 301 g/mol. The fourth-order valence-corrected chi connectivity index (χ4v) is 2.94. The zero-order valence-corrected chi connectivity index (χ0v) is 13.0. The second-order valence-corrected chi connectivity index (χ2v) is 5.77. The average Bonchev–Trinajstić information content (AvgIpc) is 2.48. The van der Waals surface area contributed by atoms with Gasteiger partial charge in [0.2, 0.25) is 0 Å². The summed E-state index contributed by atoms with van der Waals surface area (Å²) in [6, 6.07) is 0.459. The third kappa shape index (κ3) is 4.54. The van der Waals surface area contributed by atoms with E-state index >= 15 is 0 Å². The van der Waals surface area contributed by atoms with Gasteiger partial charge in [0.1, 0.15) is 0 Å². The van der Waals surface area contributed by atoms with Crippen LogP contribution in [0.2, 0.25) is 0 Å². The highest BCUT2D eigenvalue weighted by molar-refractivity contribution is 5.65. The zero-order chi connectivity index (χ0) is 15.2. The van der Waals surface area contributed by atoms with Gasteiger partial charge in [-0.25, -0.2) is 4.79 Å². The molecule has 2 aliphatic heterocycles. The first kappa shape index (κ1) is 16.5. The summed E-state index contributed by atoms with van der Waals surface area (Å²) in [5.74, 6) is 0. The highest BCUT2D eigenvalue weighted by Crippen LogP contribution is 2.12. The second kappa shape index (κ2) is 7.93. The number of carbonyl (C=O) groups is 1. The summed E-state index contributed by atoms with van der Waals surface area (Å²) in [6.07, 6.45) is -0.832. The quantitative estimate of drug-likeness (QED) is 0.748. The maximum atomic E-state index is 11.3. The number of rotatable bonds is 5. The molecule has 2 N–H and O–H groups in total. The number of morpholine rings is 1. The molecule has 0 bridgehead atoms. The van der Waals surface area contributed by atoms with Gasteiger partial charge in [-0.3, -0.25) is 4.90 Å². The van der Waals surface area contributed by atoms with Crippen LogP contribution < -0.4 is 5.32 Å². The van der Waals surface area contributed by atoms with Crippen LogP contribution in [0, 0.1) is 0 Å². The van der Waals surface area contributed by atoms with E-state index in [0.717, 1.165) is 19.7 Å². The highest BCUT2D eigenvalue weighted by Gasteiger charge is 2.31. The molecule has 0 saturated carbocycles. The molecule has 3 atom stereocenters. The standard InChI is InChI=1S/C14H27N3O4/c1-3-20-9-13-10-21-5-4-16(13)7-12-8-17(14(18)19)11(2)6-15-12/h11-13,15H,3-10H2,1-2H3,(H,18,19)/t11-,12+,13?/m1/s1. The fraction of sp³-hybridized carbons (Fsp3) is 0.929. The number of hydrogen-bond acceptors (Lipinski definition) is 5. The first-order valence-electron chi connectivity index (χ1n) is 7.74. The molecule has 0 aromatic carbocycles. The minimum absolute atomic E-state index is 0.0302. The first-order chi connectivity index (χ1) is 10.1. The second-order valence-electron chi connectivity index (χ2n) is 5.77. The van der Waals surface area contributed by atoms with Crippen LogP contribution in [-0.4, -0.2) is 91.7 Å². The van der Waals surface area contributed by atoms with E-state index in [4.69, 9.17) is 9.47 Å². The molecule has 0 aliphatic carbocycles. The number of amides is 1. The first-order valence-corrected chi connectivity index (χ1v) is 7.74. The van der Waals surface area contributed by atoms with Crippen molar-refractivity contribution in [1.82, 2.24) is 15.1 Å². The van der Waals surface area contributed by atoms with Gasteiger partial charge in [0.05, 0.1) is 25.9 Å². The van der Waals surface area contributed by atoms with Gasteiger partial charge in [-0.1, -0.05) is 0 Å². The van der Waals surface area contributed by atoms with Crippen LogP contribution in [0.4, 0.5) is 4.79 Å². The molecule has 0 aromatic rings. The van der Waals surface area contributed by atoms with Crippen LogP contribution in [0.15, 0.2) is 0 Å². The third-order valence-corrected chi connectivity index (χ3v) is 4.22. The van der Waals surface area contributed by atoms with Crippen molar-refractivity contribution in [2.24, 2.45) is 0 Å². The number of carboxylic acid groups (broad SMARTS) is 1. The molecule has 0 aromatic heterocycles. The minimum atomic E-state index is -0.832. The lowest BCUT2D eigenvalue weighted by Crippen LogP contribution is -2.61. The smallest absolute Gasteiger partial charge is 0.407 e. The van der Waals surface area contributed by atoms with Crippen molar-refractivity contribution in [1.29, 1.82) is 0 Å². The molecule has 0 spiro atoms. The van der Waals surface area contributed by atoms with E-state index < -0.39 is 6.09 Å². The summed E-state index contributed by atoms with van der Waals surface area (Å²) < 4.78 is 11.1. The predicted molar refractivity (Wildman–Crippen MR) is 78.7 cm³/mol. The maximum Gasteiger partial charge on any atom is 0.407 e. The monoisotopic (exact) mass is 301 g/mol. The molecule has 1 amide bonds. The lowest BCUT2D eigenvalue weighted by Gasteiger charge is -2.42. The Morgan fingerprint density at radius 3 is 3.05 bits per heavy atom. The molecule has 2 heterocycles. The number of nitrogens with one attached hydrogen (secondary N) is 1. The molecule has 7 heteroatoms. The van der Waals surface area contributed by atoms with E-state index in [1.165, 1.54) is 4.90 Å². The number of piperazine rings is 1. The number of ether oxygens (including phenoxy) is 2. The Morgan fingerprint density at radius 1 is 1.52 bits per heavy atom. The van der Waals surface area contributed by atoms with Crippen LogP contribution in [0.1, 0.15) is 13.8 Å². The lowest BCUT2D eigenvalue weighted by molar-refractivity contribution is -0.0470. The van der Waals surface area contributed by atoms with Crippen LogP contribution >= 0.6 is 0 Å². The molecule has 21 heavy (non-hydrogen) atoms. The van der Waals surface area contributed by atoms with E-state index in [2.05, 4.69) is 10.2 Å². The van der Waals surface area contributed by atoms with Crippen molar-refractivity contribution >= 4 is 6.09 Å². The Bertz CT molecular complexity index is 342. The Balaban J connectivity index is 1.88. The van der Waals surface area contributed by atoms with E-state index in [0.29, 0.717) is 32.9 Å². The van der Waals surface area contributed by atoms with Crippen molar-refractivity contribution in [3.05, 3.63) is 0 Å². The van der Waals surface area contributed by atoms with E-state index in [1.54, 1.807) is 0 Å². The fourth-order valence-electron chi connectivity index (χ4n) is 2.94. The molecule has 122 valence electrons. The molecule has 2 aliphatic rings. The Kier molecular flexibility index (Phi) is 6.22. The van der Waals surface area contributed by atoms with Crippen LogP contribution in [0.25, 0.3) is 0 Å². The highest BCUT2D eigenvalue weighted by atomic mass is 16.5. The van der Waals surface area contributed by atoms with Crippen LogP contribution in [0.3, 0.4) is 0 Å². The van der Waals surface area contributed by atoms with Gasteiger partial charge >= 0.3 is 6.09 Å². The number of nitrogens with zero attached hydrogens (tertiary/aromatic N) is 2. The summed E-state index contributed by atoms with van der Waals surface area (Å²) >= 11 is 0. The zero-order valence-electron chi connectivity index (χ0n) is 13.0. The topological polar surface area (TPSA) is 74.3 Å². The maximum absolute atomic E-state index is 11.3. The van der Waals surface area contributed by atoms with Gasteiger partial charge in [0.15, 0.2) is 0 Å². The SMILES string of the molecule is CCOCC1COCCN1C[C@H]1CN(C(=O)O)[C@H](C)CN1. The van der Waals surface area contributed by atoms with Gasteiger partial charge < -0.3 is 24.8 Å². The van der Waals surface area contributed by atoms with E-state index in [-0.39, 0.29) is 18.1 Å². The molecule has 7 nitrogen and oxygen atoms in total. The van der Waals surface area contributed by atoms with Crippen molar-refractivity contribution in [3.63, 3.8) is 0 Å². The van der Waals surface area contributed by atoms with Crippen LogP contribution in [0.5, 0.6) is 0 Å². The lowest BCUT2D eigenvalue weighted by atomic mass is 10.1. The van der Waals surface area contributed by atoms with Crippen molar-refractivity contribution in [2.45, 2.75) is 32.0 Å². The van der Waals surface area contributed by atoms with Crippen molar-refractivity contribution in [3.8, 4) is 0 Å². The Morgan fingerprint density at radius 2 is 2.33 bits per heavy atom. The summed E-state index contributed by atoms with van der Waals surface area (Å²) in [5, 5.41) is 12.7. The van der Waals surface area contributed by atoms with Crippen molar-refractivity contribution in [2.75, 3.05) is 52.6 Å². The van der Waals surface area contributed by atoms with Gasteiger partial charge in [-0.2, -0.15) is 0 Å². The molecule has 2 fully saturated rings. The summed E-state index contributed by atoms with van der Waals surface area (Å²) in [4.78, 5) is 15.1. The minimum Gasteiger partial charge on any atom is -0.465 e. The molecule has 2 saturated heterocycles. The Labute approximate surface area is 126 Å². The number of hydrogen-bond donors (Lipinski definition) is 2. The Hall–Kier alpha value is -0.890. The summed E-state index contributed by atoms with van der Waals surface area (Å²) in [7, 11) is 0. The largest absolute Gasteiger partial charge is 0.465 e. The third-order valence-electron chi connectivity index (χ3n) is 4.22. The van der Waals surface area contributed by atoms with Crippen molar-refractivity contribution < 1.29 is 19.4 Å². The van der Waals surface area contributed by atoms with Gasteiger partial charge in [0.25, 0.3) is 0 Å². The van der Waals surface area contributed by atoms with Crippen LogP contribution in [-0.2, 0) is 9.47 Å². The summed E-state index contributed by atoms with van der Waals surface area (Å²) in [6.45, 7) is 9.66. The molecular formula is C14H27N3O4. The molecule has 0 radical (unpaired) electrons. The van der Waals surface area contributed by atoms with Gasteiger partial charge in [-0.15, -0.1) is 0 Å².